The Morgan fingerprint density at radius 1 is 1.30 bits per heavy atom. The molecule has 0 unspecified atom stereocenters. The predicted octanol–water partition coefficient (Wildman–Crippen LogP) is 4.51. The molecule has 0 aromatic carbocycles. The van der Waals surface area contributed by atoms with Crippen molar-refractivity contribution >= 4 is 34.1 Å². The number of carbonyl (C=O) groups excluding carboxylic acids is 2. The maximum absolute atomic E-state index is 12.8. The summed E-state index contributed by atoms with van der Waals surface area (Å²) < 4.78 is 7.10. The number of rotatable bonds is 5. The quantitative estimate of drug-likeness (QED) is 0.604. The van der Waals surface area contributed by atoms with E-state index < -0.39 is 11.4 Å². The van der Waals surface area contributed by atoms with Gasteiger partial charge in [0.05, 0.1) is 27.7 Å². The second-order valence-corrected chi connectivity index (χ2v) is 8.65. The smallest absolute Gasteiger partial charge is 0.339 e. The molecule has 0 aliphatic carbocycles. The lowest BCUT2D eigenvalue weighted by Crippen LogP contribution is -2.26. The van der Waals surface area contributed by atoms with E-state index in [-0.39, 0.29) is 18.4 Å². The number of aromatic nitrogens is 3. The van der Waals surface area contributed by atoms with Crippen molar-refractivity contribution in [3.63, 3.8) is 0 Å². The number of hydrogen-bond acceptors (Lipinski definition) is 6. The molecule has 0 aliphatic rings. The van der Waals surface area contributed by atoms with Crippen molar-refractivity contribution in [3.8, 4) is 10.6 Å². The summed E-state index contributed by atoms with van der Waals surface area (Å²) in [7, 11) is 0. The summed E-state index contributed by atoms with van der Waals surface area (Å²) in [6.07, 6.45) is 1.63. The van der Waals surface area contributed by atoms with Crippen molar-refractivity contribution in [2.24, 2.45) is 5.41 Å². The van der Waals surface area contributed by atoms with Crippen LogP contribution in [0, 0.1) is 5.41 Å². The molecule has 0 spiro atoms. The van der Waals surface area contributed by atoms with Crippen molar-refractivity contribution in [2.45, 2.75) is 40.7 Å². The lowest BCUT2D eigenvalue weighted by atomic mass is 9.91. The first kappa shape index (κ1) is 19.2. The first-order chi connectivity index (χ1) is 12.7. The van der Waals surface area contributed by atoms with Gasteiger partial charge >= 0.3 is 5.97 Å². The zero-order valence-electron chi connectivity index (χ0n) is 16.1. The van der Waals surface area contributed by atoms with E-state index in [9.17, 15) is 9.59 Å². The second-order valence-electron chi connectivity index (χ2n) is 7.70. The number of fused-ring (bicyclic) bond motifs is 1. The van der Waals surface area contributed by atoms with Gasteiger partial charge < -0.3 is 4.74 Å². The van der Waals surface area contributed by atoms with Crippen LogP contribution in [0.2, 0.25) is 0 Å². The molecule has 0 bridgehead atoms. The minimum absolute atomic E-state index is 0.0972. The molecule has 0 saturated carbocycles. The number of nitrogens with zero attached hydrogens (tertiary/aromatic N) is 3. The fourth-order valence-corrected chi connectivity index (χ4v) is 3.23. The fourth-order valence-electron chi connectivity index (χ4n) is 2.54. The Kier molecular flexibility index (Phi) is 5.15. The molecule has 3 aromatic rings. The Morgan fingerprint density at radius 3 is 2.63 bits per heavy atom. The van der Waals surface area contributed by atoms with Gasteiger partial charge in [-0.1, -0.05) is 26.8 Å². The molecule has 142 valence electrons. The molecule has 0 atom stereocenters. The topological polar surface area (TPSA) is 74.1 Å². The predicted molar refractivity (Wildman–Crippen MR) is 106 cm³/mol. The van der Waals surface area contributed by atoms with Crippen LogP contribution >= 0.6 is 11.3 Å². The maximum Gasteiger partial charge on any atom is 0.339 e. The number of esters is 1. The number of Topliss-reactive ketones (excluding diaryl/α,β-unsaturated/α-hetero) is 1. The summed E-state index contributed by atoms with van der Waals surface area (Å²) in [5.41, 5.74) is 1.13. The van der Waals surface area contributed by atoms with Crippen molar-refractivity contribution in [1.29, 1.82) is 0 Å². The zero-order chi connectivity index (χ0) is 19.8. The standard InChI is InChI=1S/C20H23N3O3S/c1-12(2)23-18-14(10-21-23)13(9-15(22-18)16-7-6-8-27-16)19(25)26-11-17(24)20(3,4)5/h6-10,12H,11H2,1-5H3. The molecule has 0 radical (unpaired) electrons. The molecular formula is C20H23N3O3S. The van der Waals surface area contributed by atoms with Crippen molar-refractivity contribution < 1.29 is 14.3 Å². The summed E-state index contributed by atoms with van der Waals surface area (Å²) in [5.74, 6) is -0.668. The molecular weight excluding hydrogens is 362 g/mol. The molecule has 0 amide bonds. The van der Waals surface area contributed by atoms with Gasteiger partial charge in [0.2, 0.25) is 0 Å². The molecule has 7 heteroatoms. The van der Waals surface area contributed by atoms with E-state index in [4.69, 9.17) is 9.72 Å². The van der Waals surface area contributed by atoms with Crippen LogP contribution in [0.1, 0.15) is 51.0 Å². The third kappa shape index (κ3) is 3.93. The molecule has 0 fully saturated rings. The Bertz CT molecular complexity index is 982. The van der Waals surface area contributed by atoms with Gasteiger partial charge in [0.1, 0.15) is 0 Å². The number of carbonyl (C=O) groups is 2. The van der Waals surface area contributed by atoms with E-state index in [1.807, 2.05) is 31.4 Å². The van der Waals surface area contributed by atoms with Gasteiger partial charge in [0, 0.05) is 11.5 Å². The van der Waals surface area contributed by atoms with Crippen LogP contribution in [0.5, 0.6) is 0 Å². The molecule has 3 heterocycles. The minimum atomic E-state index is -0.557. The molecule has 3 rings (SSSR count). The molecule has 27 heavy (non-hydrogen) atoms. The average Bonchev–Trinajstić information content (AvgIpc) is 3.26. The lowest BCUT2D eigenvalue weighted by Gasteiger charge is -2.16. The van der Waals surface area contributed by atoms with E-state index in [1.165, 1.54) is 0 Å². The van der Waals surface area contributed by atoms with Gasteiger partial charge in [0.15, 0.2) is 18.0 Å². The Morgan fingerprint density at radius 2 is 2.04 bits per heavy atom. The number of pyridine rings is 1. The zero-order valence-corrected chi connectivity index (χ0v) is 17.0. The van der Waals surface area contributed by atoms with Gasteiger partial charge in [-0.3, -0.25) is 4.79 Å². The van der Waals surface area contributed by atoms with Crippen LogP contribution < -0.4 is 0 Å². The van der Waals surface area contributed by atoms with Gasteiger partial charge in [-0.2, -0.15) is 5.10 Å². The van der Waals surface area contributed by atoms with Crippen LogP contribution in [0.25, 0.3) is 21.6 Å². The largest absolute Gasteiger partial charge is 0.454 e. The minimum Gasteiger partial charge on any atom is -0.454 e. The summed E-state index contributed by atoms with van der Waals surface area (Å²) in [5, 5.41) is 6.96. The maximum atomic E-state index is 12.8. The third-order valence-corrected chi connectivity index (χ3v) is 5.11. The average molecular weight is 385 g/mol. The number of ketones is 1. The van der Waals surface area contributed by atoms with E-state index >= 15 is 0 Å². The highest BCUT2D eigenvalue weighted by Crippen LogP contribution is 2.29. The summed E-state index contributed by atoms with van der Waals surface area (Å²) in [6, 6.07) is 5.70. The van der Waals surface area contributed by atoms with Crippen molar-refractivity contribution in [3.05, 3.63) is 35.3 Å². The first-order valence-electron chi connectivity index (χ1n) is 8.81. The normalized spacial score (nSPS) is 11.9. The molecule has 3 aromatic heterocycles. The highest BCUT2D eigenvalue weighted by atomic mass is 32.1. The monoisotopic (exact) mass is 385 g/mol. The first-order valence-corrected chi connectivity index (χ1v) is 9.69. The van der Waals surface area contributed by atoms with Gasteiger partial charge in [-0.25, -0.2) is 14.5 Å². The summed E-state index contributed by atoms with van der Waals surface area (Å²) in [6.45, 7) is 9.16. The number of hydrogen-bond donors (Lipinski definition) is 0. The fraction of sp³-hybridized carbons (Fsp3) is 0.400. The number of ether oxygens (including phenoxy) is 1. The van der Waals surface area contributed by atoms with Gasteiger partial charge in [-0.15, -0.1) is 11.3 Å². The van der Waals surface area contributed by atoms with E-state index in [1.54, 1.807) is 49.1 Å². The van der Waals surface area contributed by atoms with E-state index in [0.29, 0.717) is 22.3 Å². The van der Waals surface area contributed by atoms with Crippen LogP contribution in [0.15, 0.2) is 29.8 Å². The van der Waals surface area contributed by atoms with Crippen molar-refractivity contribution in [1.82, 2.24) is 14.8 Å². The van der Waals surface area contributed by atoms with Crippen LogP contribution in [-0.4, -0.2) is 33.1 Å². The van der Waals surface area contributed by atoms with E-state index in [2.05, 4.69) is 5.10 Å². The third-order valence-electron chi connectivity index (χ3n) is 4.22. The molecule has 0 saturated heterocycles. The van der Waals surface area contributed by atoms with Crippen LogP contribution in [0.3, 0.4) is 0 Å². The summed E-state index contributed by atoms with van der Waals surface area (Å²) in [4.78, 5) is 30.5. The van der Waals surface area contributed by atoms with Crippen LogP contribution in [-0.2, 0) is 9.53 Å². The van der Waals surface area contributed by atoms with Crippen LogP contribution in [0.4, 0.5) is 0 Å². The van der Waals surface area contributed by atoms with E-state index in [0.717, 1.165) is 4.88 Å². The molecule has 0 N–H and O–H groups in total. The Hall–Kier alpha value is -2.54. The Balaban J connectivity index is 2.03. The summed E-state index contributed by atoms with van der Waals surface area (Å²) >= 11 is 1.55. The highest BCUT2D eigenvalue weighted by Gasteiger charge is 2.24. The van der Waals surface area contributed by atoms with Gasteiger partial charge in [-0.05, 0) is 31.4 Å². The molecule has 0 aliphatic heterocycles. The molecule has 6 nitrogen and oxygen atoms in total. The number of thiophene rings is 1. The van der Waals surface area contributed by atoms with Crippen molar-refractivity contribution in [2.75, 3.05) is 6.61 Å². The Labute approximate surface area is 162 Å². The highest BCUT2D eigenvalue weighted by molar-refractivity contribution is 7.13. The van der Waals surface area contributed by atoms with Gasteiger partial charge in [0.25, 0.3) is 0 Å². The SMILES string of the molecule is CC(C)n1ncc2c(C(=O)OCC(=O)C(C)(C)C)cc(-c3cccs3)nc21. The lowest BCUT2D eigenvalue weighted by molar-refractivity contribution is -0.129. The second kappa shape index (κ2) is 7.23.